The Bertz CT molecular complexity index is 694. The fourth-order valence-corrected chi connectivity index (χ4v) is 2.25. The fraction of sp³-hybridized carbons (Fsp3) is 0.143. The molecule has 0 aliphatic carbocycles. The number of aromatic nitrogens is 1. The van der Waals surface area contributed by atoms with Gasteiger partial charge in [-0.1, -0.05) is 18.2 Å². The quantitative estimate of drug-likeness (QED) is 0.480. The Labute approximate surface area is 124 Å². The van der Waals surface area contributed by atoms with Crippen LogP contribution < -0.4 is 0 Å². The van der Waals surface area contributed by atoms with E-state index in [9.17, 15) is 14.9 Å². The maximum absolute atomic E-state index is 11.5. The molecule has 0 fully saturated rings. The van der Waals surface area contributed by atoms with E-state index in [-0.39, 0.29) is 11.4 Å². The Balaban J connectivity index is 2.13. The van der Waals surface area contributed by atoms with Crippen LogP contribution in [0.4, 0.5) is 5.69 Å². The lowest BCUT2D eigenvalue weighted by molar-refractivity contribution is -0.384. The van der Waals surface area contributed by atoms with Crippen LogP contribution in [-0.4, -0.2) is 22.5 Å². The first-order valence-corrected chi connectivity index (χ1v) is 7.03. The summed E-state index contributed by atoms with van der Waals surface area (Å²) in [5, 5.41) is 12.9. The van der Waals surface area contributed by atoms with E-state index in [4.69, 9.17) is 4.74 Å². The molecule has 0 bridgehead atoms. The van der Waals surface area contributed by atoms with Crippen LogP contribution in [-0.2, 0) is 4.74 Å². The molecule has 6 nitrogen and oxygen atoms in total. The molecule has 0 aliphatic heterocycles. The van der Waals surface area contributed by atoms with Crippen LogP contribution in [0.2, 0.25) is 0 Å². The molecular formula is C14H12N2O4S. The summed E-state index contributed by atoms with van der Waals surface area (Å²) in [6.45, 7) is 2.03. The highest BCUT2D eigenvalue weighted by molar-refractivity contribution is 7.10. The van der Waals surface area contributed by atoms with Gasteiger partial charge >= 0.3 is 5.97 Å². The number of hydrogen-bond acceptors (Lipinski definition) is 6. The second kappa shape index (κ2) is 6.76. The second-order valence-corrected chi connectivity index (χ2v) is 4.87. The summed E-state index contributed by atoms with van der Waals surface area (Å²) >= 11 is 1.30. The van der Waals surface area contributed by atoms with Crippen molar-refractivity contribution in [2.45, 2.75) is 6.92 Å². The average molecular weight is 304 g/mol. The highest BCUT2D eigenvalue weighted by atomic mass is 32.1. The topological polar surface area (TPSA) is 82.3 Å². The number of rotatable bonds is 5. The van der Waals surface area contributed by atoms with Crippen LogP contribution in [0.15, 0.2) is 29.6 Å². The van der Waals surface area contributed by atoms with Gasteiger partial charge in [-0.05, 0) is 18.6 Å². The van der Waals surface area contributed by atoms with E-state index in [0.29, 0.717) is 17.2 Å². The highest BCUT2D eigenvalue weighted by Crippen LogP contribution is 2.17. The summed E-state index contributed by atoms with van der Waals surface area (Å²) in [5.74, 6) is -0.455. The van der Waals surface area contributed by atoms with E-state index < -0.39 is 10.9 Å². The predicted molar refractivity (Wildman–Crippen MR) is 80.1 cm³/mol. The maximum atomic E-state index is 11.5. The van der Waals surface area contributed by atoms with E-state index >= 15 is 0 Å². The number of nitrogens with zero attached hydrogens (tertiary/aromatic N) is 2. The third kappa shape index (κ3) is 3.96. The molecule has 0 atom stereocenters. The third-order valence-corrected chi connectivity index (χ3v) is 3.32. The van der Waals surface area contributed by atoms with Crippen LogP contribution in [0.5, 0.6) is 0 Å². The lowest BCUT2D eigenvalue weighted by Gasteiger charge is -1.95. The summed E-state index contributed by atoms with van der Waals surface area (Å²) < 4.78 is 4.85. The Morgan fingerprint density at radius 3 is 3.00 bits per heavy atom. The maximum Gasteiger partial charge on any atom is 0.357 e. The van der Waals surface area contributed by atoms with Crippen molar-refractivity contribution in [2.24, 2.45) is 0 Å². The summed E-state index contributed by atoms with van der Waals surface area (Å²) in [4.78, 5) is 25.8. The number of carbonyl (C=O) groups excluding carboxylic acids is 1. The predicted octanol–water partition coefficient (Wildman–Crippen LogP) is 3.40. The fourth-order valence-electron chi connectivity index (χ4n) is 1.57. The monoisotopic (exact) mass is 304 g/mol. The summed E-state index contributed by atoms with van der Waals surface area (Å²) in [6, 6.07) is 6.27. The summed E-state index contributed by atoms with van der Waals surface area (Å²) in [5.41, 5.74) is 0.987. The van der Waals surface area contributed by atoms with Gasteiger partial charge in [0, 0.05) is 17.5 Å². The molecule has 0 saturated heterocycles. The van der Waals surface area contributed by atoms with Gasteiger partial charge in [0.25, 0.3) is 5.69 Å². The van der Waals surface area contributed by atoms with E-state index in [1.165, 1.54) is 23.5 Å². The van der Waals surface area contributed by atoms with Crippen LogP contribution in [0, 0.1) is 10.1 Å². The zero-order chi connectivity index (χ0) is 15.2. The van der Waals surface area contributed by atoms with Crippen molar-refractivity contribution in [2.75, 3.05) is 6.61 Å². The highest BCUT2D eigenvalue weighted by Gasteiger charge is 2.10. The van der Waals surface area contributed by atoms with Crippen molar-refractivity contribution >= 4 is 35.1 Å². The molecule has 0 spiro atoms. The van der Waals surface area contributed by atoms with Crippen molar-refractivity contribution in [1.82, 2.24) is 4.98 Å². The van der Waals surface area contributed by atoms with E-state index in [0.717, 1.165) is 0 Å². The number of hydrogen-bond donors (Lipinski definition) is 0. The Morgan fingerprint density at radius 1 is 1.48 bits per heavy atom. The van der Waals surface area contributed by atoms with Crippen LogP contribution >= 0.6 is 11.3 Å². The van der Waals surface area contributed by atoms with E-state index in [1.807, 2.05) is 0 Å². The summed E-state index contributed by atoms with van der Waals surface area (Å²) in [7, 11) is 0. The van der Waals surface area contributed by atoms with Gasteiger partial charge in [0.05, 0.1) is 11.5 Å². The minimum Gasteiger partial charge on any atom is -0.461 e. The molecule has 2 rings (SSSR count). The number of esters is 1. The molecule has 1 heterocycles. The molecule has 108 valence electrons. The molecule has 0 amide bonds. The van der Waals surface area contributed by atoms with Gasteiger partial charge in [0.2, 0.25) is 0 Å². The van der Waals surface area contributed by atoms with Crippen LogP contribution in [0.1, 0.15) is 28.0 Å². The molecule has 1 aromatic carbocycles. The molecular weight excluding hydrogens is 292 g/mol. The minimum atomic E-state index is -0.455. The third-order valence-electron chi connectivity index (χ3n) is 2.51. The largest absolute Gasteiger partial charge is 0.461 e. The second-order valence-electron chi connectivity index (χ2n) is 3.98. The first kappa shape index (κ1) is 14.9. The lowest BCUT2D eigenvalue weighted by atomic mass is 10.2. The molecule has 0 N–H and O–H groups in total. The van der Waals surface area contributed by atoms with Gasteiger partial charge in [0.15, 0.2) is 5.69 Å². The molecule has 2 aromatic rings. The lowest BCUT2D eigenvalue weighted by Crippen LogP contribution is -2.04. The Hall–Kier alpha value is -2.54. The first-order valence-electron chi connectivity index (χ1n) is 6.15. The molecule has 1 aromatic heterocycles. The normalized spacial score (nSPS) is 10.7. The number of ether oxygens (including phenoxy) is 1. The summed E-state index contributed by atoms with van der Waals surface area (Å²) in [6.07, 6.45) is 3.41. The molecule has 0 radical (unpaired) electrons. The smallest absolute Gasteiger partial charge is 0.357 e. The van der Waals surface area contributed by atoms with E-state index in [2.05, 4.69) is 4.98 Å². The van der Waals surface area contributed by atoms with Crippen molar-refractivity contribution in [3.63, 3.8) is 0 Å². The van der Waals surface area contributed by atoms with Crippen molar-refractivity contribution in [3.05, 3.63) is 56.0 Å². The minimum absolute atomic E-state index is 0.0310. The Kier molecular flexibility index (Phi) is 4.78. The number of benzene rings is 1. The van der Waals surface area contributed by atoms with Gasteiger partial charge < -0.3 is 4.74 Å². The molecule has 21 heavy (non-hydrogen) atoms. The van der Waals surface area contributed by atoms with Gasteiger partial charge in [0.1, 0.15) is 5.01 Å². The van der Waals surface area contributed by atoms with Crippen LogP contribution in [0.25, 0.3) is 12.2 Å². The van der Waals surface area contributed by atoms with Crippen molar-refractivity contribution in [3.8, 4) is 0 Å². The SMILES string of the molecule is CCOC(=O)c1csc(C=Cc2cccc([N+](=O)[O-])c2)n1. The zero-order valence-electron chi connectivity index (χ0n) is 11.2. The molecule has 0 saturated carbocycles. The van der Waals surface area contributed by atoms with Crippen LogP contribution in [0.3, 0.4) is 0 Å². The standard InChI is InChI=1S/C14H12N2O4S/c1-2-20-14(17)12-9-21-13(15-12)7-6-10-4-3-5-11(8-10)16(18)19/h3-9H,2H2,1H3. The number of nitro benzene ring substituents is 1. The molecule has 0 unspecified atom stereocenters. The van der Waals surface area contributed by atoms with Gasteiger partial charge in [-0.3, -0.25) is 10.1 Å². The van der Waals surface area contributed by atoms with Gasteiger partial charge in [-0.2, -0.15) is 0 Å². The van der Waals surface area contributed by atoms with Crippen molar-refractivity contribution < 1.29 is 14.5 Å². The van der Waals surface area contributed by atoms with E-state index in [1.54, 1.807) is 36.6 Å². The van der Waals surface area contributed by atoms with Crippen molar-refractivity contribution in [1.29, 1.82) is 0 Å². The molecule has 7 heteroatoms. The molecule has 0 aliphatic rings. The Morgan fingerprint density at radius 2 is 2.29 bits per heavy atom. The average Bonchev–Trinajstić information content (AvgIpc) is 2.95. The number of non-ortho nitro benzene ring substituents is 1. The first-order chi connectivity index (χ1) is 10.1. The van der Waals surface area contributed by atoms with Gasteiger partial charge in [-0.25, -0.2) is 9.78 Å². The number of carbonyl (C=O) groups is 1. The number of thiazole rings is 1. The number of nitro groups is 1. The van der Waals surface area contributed by atoms with Gasteiger partial charge in [-0.15, -0.1) is 11.3 Å². The zero-order valence-corrected chi connectivity index (χ0v) is 12.0.